The Balaban J connectivity index is 1.64. The fraction of sp³-hybridized carbons (Fsp3) is 0.571. The van der Waals surface area contributed by atoms with Crippen molar-refractivity contribution >= 4 is 23.4 Å². The van der Waals surface area contributed by atoms with Gasteiger partial charge in [0.25, 0.3) is 0 Å². The third-order valence-electron chi connectivity index (χ3n) is 5.53. The normalized spacial score (nSPS) is 21.1. The molecule has 0 aliphatic carbocycles. The quantitative estimate of drug-likeness (QED) is 0.840. The van der Waals surface area contributed by atoms with Crippen molar-refractivity contribution in [1.29, 1.82) is 0 Å². The summed E-state index contributed by atoms with van der Waals surface area (Å²) in [5.41, 5.74) is 0.575. The zero-order valence-electron chi connectivity index (χ0n) is 16.5. The van der Waals surface area contributed by atoms with Gasteiger partial charge in [-0.15, -0.1) is 0 Å². The first kappa shape index (κ1) is 20.3. The van der Waals surface area contributed by atoms with Gasteiger partial charge >= 0.3 is 0 Å². The van der Waals surface area contributed by atoms with E-state index in [0.29, 0.717) is 5.69 Å². The fourth-order valence-electron chi connectivity index (χ4n) is 3.85. The van der Waals surface area contributed by atoms with E-state index in [0.717, 1.165) is 32.4 Å². The molecule has 3 amide bonds. The van der Waals surface area contributed by atoms with Crippen LogP contribution in [0.5, 0.6) is 0 Å². The predicted octanol–water partition coefficient (Wildman–Crippen LogP) is 2.33. The van der Waals surface area contributed by atoms with Gasteiger partial charge in [0.1, 0.15) is 11.9 Å². The Kier molecular flexibility index (Phi) is 6.31. The lowest BCUT2D eigenvalue weighted by molar-refractivity contribution is -0.139. The minimum absolute atomic E-state index is 0.0383. The highest BCUT2D eigenvalue weighted by Gasteiger charge is 2.38. The van der Waals surface area contributed by atoms with E-state index in [1.54, 1.807) is 0 Å². The van der Waals surface area contributed by atoms with E-state index < -0.39 is 12.0 Å². The Bertz CT molecular complexity index is 729. The van der Waals surface area contributed by atoms with E-state index in [4.69, 9.17) is 0 Å². The van der Waals surface area contributed by atoms with Gasteiger partial charge in [-0.3, -0.25) is 14.4 Å². The number of amides is 3. The Morgan fingerprint density at radius 1 is 1.11 bits per heavy atom. The second-order valence-corrected chi connectivity index (χ2v) is 8.00. The van der Waals surface area contributed by atoms with Crippen LogP contribution in [0.3, 0.4) is 0 Å². The van der Waals surface area contributed by atoms with Crippen LogP contribution >= 0.6 is 0 Å². The van der Waals surface area contributed by atoms with Crippen molar-refractivity contribution in [3.8, 4) is 0 Å². The van der Waals surface area contributed by atoms with Gasteiger partial charge in [-0.25, -0.2) is 4.39 Å². The summed E-state index contributed by atoms with van der Waals surface area (Å²) in [6, 6.07) is 5.07. The highest BCUT2D eigenvalue weighted by atomic mass is 19.1. The van der Waals surface area contributed by atoms with Crippen LogP contribution in [0.15, 0.2) is 24.3 Å². The van der Waals surface area contributed by atoms with Crippen molar-refractivity contribution in [2.24, 2.45) is 11.8 Å². The Morgan fingerprint density at radius 3 is 2.36 bits per heavy atom. The third kappa shape index (κ3) is 4.51. The van der Waals surface area contributed by atoms with E-state index in [-0.39, 0.29) is 42.4 Å². The summed E-state index contributed by atoms with van der Waals surface area (Å²) in [7, 11) is 0. The molecule has 28 heavy (non-hydrogen) atoms. The number of rotatable bonds is 5. The summed E-state index contributed by atoms with van der Waals surface area (Å²) in [4.78, 5) is 41.4. The standard InChI is InChI=1S/C21H28FN3O3/c1-14(2)19(21(28)24-10-4-3-5-11-24)23-20(27)15-12-18(26)25(13-15)17-8-6-16(22)7-9-17/h6-9,14-15,19H,3-5,10-13H2,1-2H3,(H,23,27)/t15-,19-/m0/s1. The molecule has 2 aliphatic heterocycles. The summed E-state index contributed by atoms with van der Waals surface area (Å²) in [5, 5.41) is 2.89. The molecule has 0 bridgehead atoms. The molecule has 2 aliphatic rings. The monoisotopic (exact) mass is 389 g/mol. The molecule has 2 heterocycles. The van der Waals surface area contributed by atoms with Gasteiger partial charge in [0, 0.05) is 31.7 Å². The highest BCUT2D eigenvalue weighted by molar-refractivity contribution is 6.01. The fourth-order valence-corrected chi connectivity index (χ4v) is 3.85. The molecule has 0 spiro atoms. The molecule has 1 N–H and O–H groups in total. The number of piperidine rings is 1. The molecule has 1 aromatic rings. The molecule has 0 saturated carbocycles. The van der Waals surface area contributed by atoms with Crippen LogP contribution in [0.1, 0.15) is 39.5 Å². The number of anilines is 1. The zero-order chi connectivity index (χ0) is 20.3. The molecular weight excluding hydrogens is 361 g/mol. The van der Waals surface area contributed by atoms with Crippen molar-refractivity contribution in [3.63, 3.8) is 0 Å². The van der Waals surface area contributed by atoms with Gasteiger partial charge in [-0.1, -0.05) is 13.8 Å². The zero-order valence-corrected chi connectivity index (χ0v) is 16.5. The number of likely N-dealkylation sites (tertiary alicyclic amines) is 1. The number of carbonyl (C=O) groups is 3. The Labute approximate surface area is 165 Å². The first-order valence-corrected chi connectivity index (χ1v) is 10.0. The second-order valence-electron chi connectivity index (χ2n) is 8.00. The highest BCUT2D eigenvalue weighted by Crippen LogP contribution is 2.26. The summed E-state index contributed by atoms with van der Waals surface area (Å²) in [6.07, 6.45) is 3.21. The topological polar surface area (TPSA) is 69.7 Å². The lowest BCUT2D eigenvalue weighted by Gasteiger charge is -2.32. The van der Waals surface area contributed by atoms with Crippen LogP contribution in [0.2, 0.25) is 0 Å². The number of benzene rings is 1. The van der Waals surface area contributed by atoms with E-state index in [1.807, 2.05) is 18.7 Å². The minimum Gasteiger partial charge on any atom is -0.344 e. The maximum absolute atomic E-state index is 13.1. The molecule has 2 atom stereocenters. The van der Waals surface area contributed by atoms with Crippen LogP contribution in [0, 0.1) is 17.7 Å². The number of hydrogen-bond acceptors (Lipinski definition) is 3. The Hall–Kier alpha value is -2.44. The van der Waals surface area contributed by atoms with Gasteiger partial charge in [-0.05, 0) is 49.4 Å². The van der Waals surface area contributed by atoms with Gasteiger partial charge < -0.3 is 15.1 Å². The maximum Gasteiger partial charge on any atom is 0.245 e. The van der Waals surface area contributed by atoms with Crippen LogP contribution in [0.4, 0.5) is 10.1 Å². The lowest BCUT2D eigenvalue weighted by Crippen LogP contribution is -2.53. The van der Waals surface area contributed by atoms with Gasteiger partial charge in [0.05, 0.1) is 5.92 Å². The number of nitrogens with one attached hydrogen (secondary N) is 1. The number of halogens is 1. The molecule has 0 radical (unpaired) electrons. The molecule has 6 nitrogen and oxygen atoms in total. The summed E-state index contributed by atoms with van der Waals surface area (Å²) in [5.74, 6) is -1.42. The lowest BCUT2D eigenvalue weighted by atomic mass is 9.99. The molecular formula is C21H28FN3O3. The molecule has 1 aromatic carbocycles. The minimum atomic E-state index is -0.583. The van der Waals surface area contributed by atoms with E-state index in [2.05, 4.69) is 5.32 Å². The second kappa shape index (κ2) is 8.71. The van der Waals surface area contributed by atoms with Crippen molar-refractivity contribution in [1.82, 2.24) is 10.2 Å². The molecule has 0 unspecified atom stereocenters. The van der Waals surface area contributed by atoms with E-state index in [1.165, 1.54) is 29.2 Å². The smallest absolute Gasteiger partial charge is 0.245 e. The number of carbonyl (C=O) groups excluding carboxylic acids is 3. The largest absolute Gasteiger partial charge is 0.344 e. The van der Waals surface area contributed by atoms with Crippen LogP contribution in [-0.2, 0) is 14.4 Å². The van der Waals surface area contributed by atoms with Gasteiger partial charge in [0.15, 0.2) is 0 Å². The molecule has 0 aromatic heterocycles. The predicted molar refractivity (Wildman–Crippen MR) is 104 cm³/mol. The van der Waals surface area contributed by atoms with Crippen molar-refractivity contribution in [2.75, 3.05) is 24.5 Å². The van der Waals surface area contributed by atoms with E-state index in [9.17, 15) is 18.8 Å². The third-order valence-corrected chi connectivity index (χ3v) is 5.53. The SMILES string of the molecule is CC(C)[C@H](NC(=O)[C@H]1CC(=O)N(c2ccc(F)cc2)C1)C(=O)N1CCCCC1. The Morgan fingerprint density at radius 2 is 1.75 bits per heavy atom. The first-order valence-electron chi connectivity index (χ1n) is 10.0. The van der Waals surface area contributed by atoms with Crippen LogP contribution in [0.25, 0.3) is 0 Å². The summed E-state index contributed by atoms with van der Waals surface area (Å²) in [6.45, 7) is 5.53. The molecule has 2 saturated heterocycles. The van der Waals surface area contributed by atoms with Gasteiger partial charge in [-0.2, -0.15) is 0 Å². The average molecular weight is 389 g/mol. The molecule has 7 heteroatoms. The number of nitrogens with zero attached hydrogens (tertiary/aromatic N) is 2. The summed E-state index contributed by atoms with van der Waals surface area (Å²) >= 11 is 0. The van der Waals surface area contributed by atoms with Crippen molar-refractivity contribution < 1.29 is 18.8 Å². The average Bonchev–Trinajstić information content (AvgIpc) is 3.08. The molecule has 2 fully saturated rings. The van der Waals surface area contributed by atoms with Crippen molar-refractivity contribution in [3.05, 3.63) is 30.1 Å². The molecule has 3 rings (SSSR count). The van der Waals surface area contributed by atoms with Crippen molar-refractivity contribution in [2.45, 2.75) is 45.6 Å². The maximum atomic E-state index is 13.1. The molecule has 152 valence electrons. The van der Waals surface area contributed by atoms with Gasteiger partial charge in [0.2, 0.25) is 17.7 Å². The van der Waals surface area contributed by atoms with Crippen LogP contribution in [-0.4, -0.2) is 48.3 Å². The first-order chi connectivity index (χ1) is 13.4. The van der Waals surface area contributed by atoms with E-state index >= 15 is 0 Å². The number of hydrogen-bond donors (Lipinski definition) is 1. The summed E-state index contributed by atoms with van der Waals surface area (Å²) < 4.78 is 13.1. The van der Waals surface area contributed by atoms with Crippen LogP contribution < -0.4 is 10.2 Å².